The van der Waals surface area contributed by atoms with E-state index in [-0.39, 0.29) is 47.5 Å². The highest BCUT2D eigenvalue weighted by molar-refractivity contribution is 9.09. The van der Waals surface area contributed by atoms with Crippen molar-refractivity contribution in [3.8, 4) is 0 Å². The lowest BCUT2D eigenvalue weighted by Crippen LogP contribution is -2.56. The molecule has 3 amide bonds. The minimum Gasteiger partial charge on any atom is -0.394 e. The number of rotatable bonds is 11. The zero-order valence-corrected chi connectivity index (χ0v) is 28.3. The molecule has 7 nitrogen and oxygen atoms in total. The van der Waals surface area contributed by atoms with Gasteiger partial charge in [-0.25, -0.2) is 0 Å². The zero-order valence-electron chi connectivity index (χ0n) is 25.1. The topological polar surface area (TPSA) is 81.2 Å². The quantitative estimate of drug-likeness (QED) is 0.187. The van der Waals surface area contributed by atoms with Crippen molar-refractivity contribution in [1.82, 2.24) is 4.90 Å². The maximum absolute atomic E-state index is 15.0. The van der Waals surface area contributed by atoms with Gasteiger partial charge >= 0.3 is 0 Å². The summed E-state index contributed by atoms with van der Waals surface area (Å²) in [4.78, 5) is 49.4. The highest BCUT2D eigenvalue weighted by atomic mass is 79.9. The van der Waals surface area contributed by atoms with Gasteiger partial charge < -0.3 is 19.8 Å². The number of carbonyl (C=O) groups is 3. The molecule has 0 aromatic heterocycles. The van der Waals surface area contributed by atoms with Crippen molar-refractivity contribution < 1.29 is 19.5 Å². The fourth-order valence-corrected chi connectivity index (χ4v) is 11.2. The van der Waals surface area contributed by atoms with Crippen molar-refractivity contribution in [2.45, 2.75) is 33.3 Å². The van der Waals surface area contributed by atoms with Crippen LogP contribution in [0, 0.1) is 11.8 Å². The average Bonchev–Trinajstić information content (AvgIpc) is 3.67. The number of halogens is 2. The fourth-order valence-electron chi connectivity index (χ4n) is 7.45. The Bertz CT molecular complexity index is 1630. The van der Waals surface area contributed by atoms with Crippen LogP contribution in [0.5, 0.6) is 0 Å². The van der Waals surface area contributed by atoms with E-state index in [0.717, 1.165) is 0 Å². The van der Waals surface area contributed by atoms with E-state index < -0.39 is 28.7 Å². The number of para-hydroxylation sites is 1. The highest BCUT2D eigenvalue weighted by Gasteiger charge is 2.76. The first-order chi connectivity index (χ1) is 22.3. The van der Waals surface area contributed by atoms with Crippen molar-refractivity contribution in [3.05, 3.63) is 121 Å². The summed E-state index contributed by atoms with van der Waals surface area (Å²) in [6.07, 6.45) is 3.84. The Kier molecular flexibility index (Phi) is 9.48. The summed E-state index contributed by atoms with van der Waals surface area (Å²) < 4.78 is -0.919. The van der Waals surface area contributed by atoms with Gasteiger partial charge in [-0.15, -0.1) is 24.9 Å². The lowest BCUT2D eigenvalue weighted by atomic mass is 9.70. The van der Waals surface area contributed by atoms with Gasteiger partial charge in [-0.2, -0.15) is 0 Å². The van der Waals surface area contributed by atoms with Gasteiger partial charge in [0.25, 0.3) is 5.91 Å². The maximum atomic E-state index is 15.0. The van der Waals surface area contributed by atoms with E-state index >= 15 is 4.79 Å². The van der Waals surface area contributed by atoms with Crippen LogP contribution < -0.4 is 9.80 Å². The number of alkyl halides is 1. The molecule has 0 saturated carbocycles. The van der Waals surface area contributed by atoms with Crippen molar-refractivity contribution in [1.29, 1.82) is 0 Å². The maximum Gasteiger partial charge on any atom is 0.251 e. The largest absolute Gasteiger partial charge is 0.394 e. The number of carbonyl (C=O) groups excluding carboxylic acids is 3. The van der Waals surface area contributed by atoms with Gasteiger partial charge in [-0.1, -0.05) is 88.2 Å². The number of likely N-dealkylation sites (tertiary alicyclic amines) is 1. The number of hydrogen-bond donors (Lipinski definition) is 1. The molecule has 3 aliphatic rings. The van der Waals surface area contributed by atoms with Crippen LogP contribution in [0.2, 0.25) is 5.02 Å². The molecule has 3 aromatic rings. The number of thioether (sulfide) groups is 1. The number of aliphatic hydroxyl groups excluding tert-OH is 1. The second-order valence-electron chi connectivity index (χ2n) is 11.8. The van der Waals surface area contributed by atoms with Gasteiger partial charge in [0.2, 0.25) is 11.8 Å². The summed E-state index contributed by atoms with van der Waals surface area (Å²) in [7, 11) is 0. The molecule has 7 atom stereocenters. The lowest BCUT2D eigenvalue weighted by Gasteiger charge is -2.40. The van der Waals surface area contributed by atoms with Gasteiger partial charge in [0.15, 0.2) is 0 Å². The first-order valence-electron chi connectivity index (χ1n) is 15.2. The molecule has 0 radical (unpaired) electrons. The summed E-state index contributed by atoms with van der Waals surface area (Å²) in [6.45, 7) is 7.87. The Balaban J connectivity index is 1.49. The molecule has 0 aliphatic carbocycles. The summed E-state index contributed by atoms with van der Waals surface area (Å²) in [5, 5.41) is 11.2. The zero-order chi connectivity index (χ0) is 32.6. The van der Waals surface area contributed by atoms with E-state index in [1.165, 1.54) is 0 Å². The number of anilines is 2. The molecule has 3 aliphatic heterocycles. The van der Waals surface area contributed by atoms with Crippen LogP contribution in [-0.4, -0.2) is 68.3 Å². The Morgan fingerprint density at radius 3 is 2.11 bits per heavy atom. The third kappa shape index (κ3) is 5.41. The van der Waals surface area contributed by atoms with Crippen LogP contribution in [0.15, 0.2) is 110 Å². The molecule has 3 fully saturated rings. The molecule has 3 aromatic carbocycles. The third-order valence-electron chi connectivity index (χ3n) is 9.30. The Morgan fingerprint density at radius 1 is 0.957 bits per heavy atom. The first kappa shape index (κ1) is 32.6. The molecule has 1 spiro atoms. The Morgan fingerprint density at radius 2 is 1.52 bits per heavy atom. The molecule has 3 unspecified atom stereocenters. The Hall–Kier alpha value is -3.37. The molecule has 46 heavy (non-hydrogen) atoms. The van der Waals surface area contributed by atoms with Gasteiger partial charge in [0.05, 0.1) is 29.2 Å². The van der Waals surface area contributed by atoms with Gasteiger partial charge in [-0.3, -0.25) is 14.4 Å². The second-order valence-corrected chi connectivity index (χ2v) is 15.0. The third-order valence-corrected chi connectivity index (χ3v) is 12.8. The second kappa shape index (κ2) is 13.4. The first-order valence-corrected chi connectivity index (χ1v) is 17.4. The molecule has 238 valence electrons. The molecule has 3 saturated heterocycles. The van der Waals surface area contributed by atoms with Crippen molar-refractivity contribution in [3.63, 3.8) is 0 Å². The van der Waals surface area contributed by atoms with Crippen LogP contribution in [-0.2, 0) is 14.4 Å². The monoisotopic (exact) mass is 719 g/mol. The summed E-state index contributed by atoms with van der Waals surface area (Å²) in [6, 6.07) is 23.9. The minimum absolute atomic E-state index is 0.111. The van der Waals surface area contributed by atoms with E-state index in [1.54, 1.807) is 62.9 Å². The molecular formula is C36H35BrClN3O4S. The number of fused-ring (bicyclic) bond motifs is 1. The van der Waals surface area contributed by atoms with Crippen LogP contribution in [0.1, 0.15) is 18.0 Å². The SMILES string of the molecule is C=CCN(C(=O)C1N([C@H](CO)c2ccccc2)C(=O)[C@@H]2[C@H](C(=O)N(CC=C)c3ccccc3)[C@H]3SC12CC3Br)c1ccc(Cl)cc1. The number of aliphatic hydroxyl groups is 1. The number of benzene rings is 3. The number of hydrogen-bond acceptors (Lipinski definition) is 5. The fraction of sp³-hybridized carbons (Fsp3) is 0.306. The standard InChI is InChI=1S/C36H35BrClN3O4S/c1-3-19-39(25-13-9-6-10-14-25)33(43)29-30-34(44)41(28(22-42)23-11-7-5-8-12-23)32(36(30)21-27(37)31(29)46-36)35(45)40(20-4-2)26-17-15-24(38)16-18-26/h3-18,27-32,42H,1-2,19-22H2/t27?,28-,29+,30+,31+,32?,36?/m1/s1. The lowest BCUT2D eigenvalue weighted by molar-refractivity contribution is -0.142. The van der Waals surface area contributed by atoms with E-state index in [2.05, 4.69) is 29.1 Å². The molecule has 3 heterocycles. The molecule has 1 N–H and O–H groups in total. The summed E-state index contributed by atoms with van der Waals surface area (Å²) in [5.41, 5.74) is 2.04. The molecule has 2 bridgehead atoms. The van der Waals surface area contributed by atoms with E-state index in [4.69, 9.17) is 11.6 Å². The van der Waals surface area contributed by atoms with Gasteiger partial charge in [-0.05, 0) is 48.4 Å². The normalized spacial score (nSPS) is 26.8. The van der Waals surface area contributed by atoms with Crippen molar-refractivity contribution in [2.24, 2.45) is 11.8 Å². The number of nitrogens with zero attached hydrogens (tertiary/aromatic N) is 3. The van der Waals surface area contributed by atoms with Crippen LogP contribution in [0.3, 0.4) is 0 Å². The minimum atomic E-state index is -0.963. The van der Waals surface area contributed by atoms with Gasteiger partial charge in [0.1, 0.15) is 6.04 Å². The smallest absolute Gasteiger partial charge is 0.251 e. The predicted molar refractivity (Wildman–Crippen MR) is 188 cm³/mol. The van der Waals surface area contributed by atoms with Crippen LogP contribution >= 0.6 is 39.3 Å². The van der Waals surface area contributed by atoms with Gasteiger partial charge in [0, 0.05) is 39.6 Å². The van der Waals surface area contributed by atoms with E-state index in [9.17, 15) is 14.7 Å². The van der Waals surface area contributed by atoms with E-state index in [1.807, 2.05) is 60.7 Å². The van der Waals surface area contributed by atoms with Crippen molar-refractivity contribution in [2.75, 3.05) is 29.5 Å². The van der Waals surface area contributed by atoms with Crippen LogP contribution in [0.4, 0.5) is 11.4 Å². The molecule has 10 heteroatoms. The predicted octanol–water partition coefficient (Wildman–Crippen LogP) is 6.28. The average molecular weight is 721 g/mol. The highest BCUT2D eigenvalue weighted by Crippen LogP contribution is 2.69. The molecule has 6 rings (SSSR count). The van der Waals surface area contributed by atoms with Crippen LogP contribution in [0.25, 0.3) is 0 Å². The molecular weight excluding hydrogens is 686 g/mol. The Labute approximate surface area is 287 Å². The number of amides is 3. The summed E-state index contributed by atoms with van der Waals surface area (Å²) >= 11 is 11.6. The van der Waals surface area contributed by atoms with E-state index in [0.29, 0.717) is 28.4 Å². The van der Waals surface area contributed by atoms with Crippen molar-refractivity contribution >= 4 is 68.4 Å². The summed E-state index contributed by atoms with van der Waals surface area (Å²) in [5.74, 6) is -2.24.